The molecular weight excluding hydrogens is 510 g/mol. The topological polar surface area (TPSA) is 82.6 Å². The molecule has 1 N–H and O–H groups in total. The Morgan fingerprint density at radius 2 is 1.74 bits per heavy atom. The zero-order chi connectivity index (χ0) is 27.7. The molecule has 1 aliphatic rings. The number of methoxy groups -OCH3 is 2. The van der Waals surface area contributed by atoms with Crippen LogP contribution in [0.4, 0.5) is 5.69 Å². The van der Waals surface area contributed by atoms with Gasteiger partial charge in [-0.2, -0.15) is 0 Å². The van der Waals surface area contributed by atoms with Crippen LogP contribution in [0, 0.1) is 6.92 Å². The average Bonchev–Trinajstić information content (AvgIpc) is 3.34. The number of rotatable bonds is 7. The number of hydrogen-bond donors (Lipinski definition) is 1. The van der Waals surface area contributed by atoms with Crippen LogP contribution in [0.1, 0.15) is 58.1 Å². The second-order valence-electron chi connectivity index (χ2n) is 10.1. The van der Waals surface area contributed by atoms with Crippen LogP contribution in [0.5, 0.6) is 11.5 Å². The first kappa shape index (κ1) is 26.6. The van der Waals surface area contributed by atoms with Gasteiger partial charge in [-0.3, -0.25) is 0 Å². The zero-order valence-electron chi connectivity index (χ0n) is 22.9. The van der Waals surface area contributed by atoms with Crippen LogP contribution in [-0.2, 0) is 4.74 Å². The fourth-order valence-electron chi connectivity index (χ4n) is 5.15. The smallest absolute Gasteiger partial charge is 0.346 e. The highest BCUT2D eigenvalue weighted by Gasteiger charge is 2.31. The van der Waals surface area contributed by atoms with Gasteiger partial charge < -0.3 is 19.5 Å². The molecule has 0 fully saturated rings. The van der Waals surface area contributed by atoms with Crippen LogP contribution in [0.2, 0.25) is 0 Å². The molecule has 8 heteroatoms. The SMILES string of the molecule is COc1cc(OC(=O)c2cncnc2)ccc1-c1ccc2c(c1C(OC)c1ccc(C)s1)C(C)=CC(C)(C)N2. The van der Waals surface area contributed by atoms with Gasteiger partial charge in [-0.25, -0.2) is 14.8 Å². The monoisotopic (exact) mass is 541 g/mol. The predicted octanol–water partition coefficient (Wildman–Crippen LogP) is 7.08. The van der Waals surface area contributed by atoms with E-state index in [4.69, 9.17) is 14.2 Å². The summed E-state index contributed by atoms with van der Waals surface area (Å²) in [6.45, 7) is 8.57. The van der Waals surface area contributed by atoms with Crippen molar-refractivity contribution >= 4 is 28.6 Å². The molecule has 1 atom stereocenters. The standard InChI is InChI=1S/C31H31N3O4S/c1-18-14-31(3,4)34-24-11-10-23(28(27(18)24)29(37-6)26-12-7-19(2)39-26)22-9-8-21(13-25(22)36-5)38-30(35)20-15-32-17-33-16-20/h7-17,29,34H,1-6H3. The van der Waals surface area contributed by atoms with E-state index in [0.29, 0.717) is 11.5 Å². The van der Waals surface area contributed by atoms with Gasteiger partial charge in [0.05, 0.1) is 18.2 Å². The summed E-state index contributed by atoms with van der Waals surface area (Å²) in [7, 11) is 3.36. The summed E-state index contributed by atoms with van der Waals surface area (Å²) >= 11 is 1.72. The van der Waals surface area contributed by atoms with Gasteiger partial charge >= 0.3 is 5.97 Å². The fraction of sp³-hybridized carbons (Fsp3) is 0.258. The minimum absolute atomic E-state index is 0.176. The average molecular weight is 542 g/mol. The highest BCUT2D eigenvalue weighted by molar-refractivity contribution is 7.12. The van der Waals surface area contributed by atoms with Crippen molar-refractivity contribution in [3.8, 4) is 22.6 Å². The van der Waals surface area contributed by atoms with Crippen LogP contribution >= 0.6 is 11.3 Å². The molecule has 0 saturated carbocycles. The second-order valence-corrected chi connectivity index (χ2v) is 11.4. The van der Waals surface area contributed by atoms with E-state index in [2.05, 4.69) is 73.3 Å². The second kappa shape index (κ2) is 10.6. The van der Waals surface area contributed by atoms with Crippen LogP contribution in [0.25, 0.3) is 16.7 Å². The summed E-state index contributed by atoms with van der Waals surface area (Å²) in [5, 5.41) is 3.67. The van der Waals surface area contributed by atoms with Crippen molar-refractivity contribution in [2.75, 3.05) is 19.5 Å². The van der Waals surface area contributed by atoms with Gasteiger partial charge in [0.15, 0.2) is 0 Å². The van der Waals surface area contributed by atoms with Crippen molar-refractivity contribution in [2.45, 2.75) is 39.3 Å². The maximum absolute atomic E-state index is 12.6. The Labute approximate surface area is 232 Å². The molecular formula is C31H31N3O4S. The van der Waals surface area contributed by atoms with Crippen molar-refractivity contribution in [1.29, 1.82) is 0 Å². The number of fused-ring (bicyclic) bond motifs is 1. The molecule has 0 saturated heterocycles. The van der Waals surface area contributed by atoms with Gasteiger partial charge in [0.2, 0.25) is 0 Å². The van der Waals surface area contributed by atoms with Crippen molar-refractivity contribution in [1.82, 2.24) is 9.97 Å². The highest BCUT2D eigenvalue weighted by atomic mass is 32.1. The van der Waals surface area contributed by atoms with Gasteiger partial charge in [0.25, 0.3) is 0 Å². The number of benzene rings is 2. The molecule has 3 heterocycles. The summed E-state index contributed by atoms with van der Waals surface area (Å²) in [5.74, 6) is 0.399. The third kappa shape index (κ3) is 5.30. The normalized spacial score (nSPS) is 14.6. The molecule has 7 nitrogen and oxygen atoms in total. The molecule has 1 unspecified atom stereocenters. The number of hydrogen-bond acceptors (Lipinski definition) is 8. The number of thiophene rings is 1. The number of aromatic nitrogens is 2. The Bertz CT molecular complexity index is 1560. The molecule has 39 heavy (non-hydrogen) atoms. The van der Waals surface area contributed by atoms with Crippen LogP contribution in [0.15, 0.2) is 67.3 Å². The molecule has 0 spiro atoms. The molecule has 2 aromatic heterocycles. The third-order valence-corrected chi connectivity index (χ3v) is 7.71. The number of esters is 1. The fourth-order valence-corrected chi connectivity index (χ4v) is 6.12. The Morgan fingerprint density at radius 1 is 1.00 bits per heavy atom. The lowest BCUT2D eigenvalue weighted by Crippen LogP contribution is -2.32. The highest BCUT2D eigenvalue weighted by Crippen LogP contribution is 2.48. The summed E-state index contributed by atoms with van der Waals surface area (Å²) < 4.78 is 17.6. The lowest BCUT2D eigenvalue weighted by molar-refractivity contribution is 0.0733. The van der Waals surface area contributed by atoms with E-state index < -0.39 is 5.97 Å². The van der Waals surface area contributed by atoms with E-state index in [1.165, 1.54) is 29.2 Å². The van der Waals surface area contributed by atoms with E-state index in [9.17, 15) is 4.79 Å². The van der Waals surface area contributed by atoms with E-state index in [1.807, 2.05) is 6.07 Å². The quantitative estimate of drug-likeness (QED) is 0.198. The molecule has 0 aliphatic carbocycles. The molecule has 0 bridgehead atoms. The van der Waals surface area contributed by atoms with E-state index >= 15 is 0 Å². The number of nitrogens with one attached hydrogen (secondary N) is 1. The molecule has 200 valence electrons. The molecule has 4 aromatic rings. The number of allylic oxidation sites excluding steroid dienone is 1. The minimum Gasteiger partial charge on any atom is -0.496 e. The van der Waals surface area contributed by atoms with Crippen LogP contribution < -0.4 is 14.8 Å². The summed E-state index contributed by atoms with van der Waals surface area (Å²) in [6, 6.07) is 13.9. The molecule has 2 aromatic carbocycles. The Morgan fingerprint density at radius 3 is 2.41 bits per heavy atom. The Balaban J connectivity index is 1.65. The largest absolute Gasteiger partial charge is 0.496 e. The number of carbonyl (C=O) groups excluding carboxylic acids is 1. The van der Waals surface area contributed by atoms with E-state index in [1.54, 1.807) is 37.7 Å². The number of anilines is 1. The summed E-state index contributed by atoms with van der Waals surface area (Å²) in [5.41, 5.74) is 6.34. The lowest BCUT2D eigenvalue weighted by atomic mass is 9.82. The number of nitrogens with zero attached hydrogens (tertiary/aromatic N) is 2. The molecule has 0 radical (unpaired) electrons. The number of aryl methyl sites for hydroxylation is 1. The molecule has 0 amide bonds. The van der Waals surface area contributed by atoms with Crippen molar-refractivity contribution in [3.05, 3.63) is 93.7 Å². The maximum atomic E-state index is 12.6. The number of carbonyl (C=O) groups is 1. The first-order valence-electron chi connectivity index (χ1n) is 12.6. The zero-order valence-corrected chi connectivity index (χ0v) is 23.7. The van der Waals surface area contributed by atoms with Gasteiger partial charge in [0, 0.05) is 57.7 Å². The third-order valence-electron chi connectivity index (χ3n) is 6.66. The minimum atomic E-state index is -0.540. The maximum Gasteiger partial charge on any atom is 0.346 e. The van der Waals surface area contributed by atoms with Gasteiger partial charge in [-0.15, -0.1) is 11.3 Å². The first-order chi connectivity index (χ1) is 18.7. The van der Waals surface area contributed by atoms with Crippen LogP contribution in [-0.4, -0.2) is 35.7 Å². The van der Waals surface area contributed by atoms with Gasteiger partial charge in [-0.05, 0) is 69.2 Å². The summed E-state index contributed by atoms with van der Waals surface area (Å²) in [6.07, 6.45) is 6.16. The van der Waals surface area contributed by atoms with Crippen molar-refractivity contribution in [2.24, 2.45) is 0 Å². The molecule has 5 rings (SSSR count). The van der Waals surface area contributed by atoms with E-state index in [-0.39, 0.29) is 17.2 Å². The first-order valence-corrected chi connectivity index (χ1v) is 13.4. The van der Waals surface area contributed by atoms with Crippen molar-refractivity contribution < 1.29 is 19.0 Å². The Kier molecular flexibility index (Phi) is 7.25. The number of ether oxygens (including phenoxy) is 3. The lowest BCUT2D eigenvalue weighted by Gasteiger charge is -2.35. The van der Waals surface area contributed by atoms with E-state index in [0.717, 1.165) is 32.8 Å². The predicted molar refractivity (Wildman–Crippen MR) is 155 cm³/mol. The van der Waals surface area contributed by atoms with Crippen molar-refractivity contribution in [3.63, 3.8) is 0 Å². The summed E-state index contributed by atoms with van der Waals surface area (Å²) in [4.78, 5) is 22.7. The Hall–Kier alpha value is -4.01. The van der Waals surface area contributed by atoms with Crippen LogP contribution in [0.3, 0.4) is 0 Å². The molecule has 1 aliphatic heterocycles. The van der Waals surface area contributed by atoms with Gasteiger partial charge in [0.1, 0.15) is 23.9 Å². The van der Waals surface area contributed by atoms with Gasteiger partial charge in [-0.1, -0.05) is 12.1 Å².